The van der Waals surface area contributed by atoms with Gasteiger partial charge in [0, 0.05) is 18.0 Å². The Bertz CT molecular complexity index is 560. The summed E-state index contributed by atoms with van der Waals surface area (Å²) in [5.41, 5.74) is 0.940. The molecule has 1 N–H and O–H groups in total. The minimum atomic E-state index is -0.781. The molecule has 0 radical (unpaired) electrons. The fourth-order valence-electron chi connectivity index (χ4n) is 1.87. The van der Waals surface area contributed by atoms with Crippen LogP contribution >= 0.6 is 11.6 Å². The Morgan fingerprint density at radius 1 is 1.25 bits per heavy atom. The number of halogens is 1. The third kappa shape index (κ3) is 7.68. The average molecular weight is 356 g/mol. The summed E-state index contributed by atoms with van der Waals surface area (Å²) in [6.07, 6.45) is -0.0639. The highest BCUT2D eigenvalue weighted by Gasteiger charge is 2.17. The lowest BCUT2D eigenvalue weighted by Gasteiger charge is -2.14. The first-order chi connectivity index (χ1) is 11.3. The van der Waals surface area contributed by atoms with Gasteiger partial charge in [-0.15, -0.1) is 0 Å². The normalized spacial score (nSPS) is 11.9. The zero-order valence-corrected chi connectivity index (χ0v) is 15.5. The summed E-state index contributed by atoms with van der Waals surface area (Å²) in [6, 6.07) is 5.41. The molecule has 0 saturated heterocycles. The van der Waals surface area contributed by atoms with Crippen molar-refractivity contribution in [2.24, 2.45) is 5.92 Å². The van der Waals surface area contributed by atoms with E-state index in [1.807, 2.05) is 26.8 Å². The number of carbonyl (C=O) groups is 2. The van der Waals surface area contributed by atoms with Crippen molar-refractivity contribution in [3.63, 3.8) is 0 Å². The summed E-state index contributed by atoms with van der Waals surface area (Å²) in [4.78, 5) is 23.5. The van der Waals surface area contributed by atoms with Crippen LogP contribution < -0.4 is 10.1 Å². The summed E-state index contributed by atoms with van der Waals surface area (Å²) in [6.45, 7) is 8.43. The lowest BCUT2D eigenvalue weighted by atomic mass is 10.2. The number of hydrogen-bond acceptors (Lipinski definition) is 4. The molecule has 5 nitrogen and oxygen atoms in total. The molecule has 0 aromatic heterocycles. The molecule has 134 valence electrons. The first-order valence-electron chi connectivity index (χ1n) is 8.15. The standard InChI is InChI=1S/C18H26ClNO4/c1-12(2)11-20-18(22)14(4)24-17(21)6-5-9-23-15-7-8-16(19)13(3)10-15/h7-8,10,12,14H,5-6,9,11H2,1-4H3,(H,20,22). The molecule has 0 aliphatic rings. The topological polar surface area (TPSA) is 64.6 Å². The van der Waals surface area contributed by atoms with Crippen molar-refractivity contribution in [3.05, 3.63) is 28.8 Å². The minimum Gasteiger partial charge on any atom is -0.494 e. The van der Waals surface area contributed by atoms with Crippen LogP contribution in [0.1, 0.15) is 39.2 Å². The van der Waals surface area contributed by atoms with E-state index in [1.54, 1.807) is 19.1 Å². The van der Waals surface area contributed by atoms with Gasteiger partial charge < -0.3 is 14.8 Å². The van der Waals surface area contributed by atoms with Crippen LogP contribution in [0, 0.1) is 12.8 Å². The van der Waals surface area contributed by atoms with Gasteiger partial charge in [0.2, 0.25) is 0 Å². The molecule has 0 fully saturated rings. The summed E-state index contributed by atoms with van der Waals surface area (Å²) in [7, 11) is 0. The van der Waals surface area contributed by atoms with E-state index in [-0.39, 0.29) is 12.3 Å². The number of ether oxygens (including phenoxy) is 2. The molecular formula is C18H26ClNO4. The molecule has 1 atom stereocenters. The summed E-state index contributed by atoms with van der Waals surface area (Å²) in [5.74, 6) is 0.389. The van der Waals surface area contributed by atoms with E-state index in [1.165, 1.54) is 0 Å². The van der Waals surface area contributed by atoms with Crippen molar-refractivity contribution >= 4 is 23.5 Å². The van der Waals surface area contributed by atoms with Gasteiger partial charge in [-0.1, -0.05) is 25.4 Å². The largest absolute Gasteiger partial charge is 0.494 e. The summed E-state index contributed by atoms with van der Waals surface area (Å²) >= 11 is 5.95. The fraction of sp³-hybridized carbons (Fsp3) is 0.556. The molecule has 0 aliphatic carbocycles. The van der Waals surface area contributed by atoms with E-state index in [9.17, 15) is 9.59 Å². The van der Waals surface area contributed by atoms with E-state index in [0.717, 1.165) is 5.56 Å². The molecule has 24 heavy (non-hydrogen) atoms. The summed E-state index contributed by atoms with van der Waals surface area (Å²) < 4.78 is 10.7. The lowest BCUT2D eigenvalue weighted by molar-refractivity contribution is -0.155. The van der Waals surface area contributed by atoms with Crippen molar-refractivity contribution in [2.45, 2.75) is 46.6 Å². The highest BCUT2D eigenvalue weighted by molar-refractivity contribution is 6.31. The van der Waals surface area contributed by atoms with E-state index in [2.05, 4.69) is 5.32 Å². The van der Waals surface area contributed by atoms with Gasteiger partial charge in [0.1, 0.15) is 5.75 Å². The number of amides is 1. The lowest BCUT2D eigenvalue weighted by Crippen LogP contribution is -2.37. The second-order valence-corrected chi connectivity index (χ2v) is 6.54. The van der Waals surface area contributed by atoms with Crippen LogP contribution in [0.4, 0.5) is 0 Å². The third-order valence-electron chi connectivity index (χ3n) is 3.29. The predicted molar refractivity (Wildman–Crippen MR) is 94.3 cm³/mol. The van der Waals surface area contributed by atoms with Crippen molar-refractivity contribution < 1.29 is 19.1 Å². The van der Waals surface area contributed by atoms with E-state index in [0.29, 0.717) is 36.3 Å². The Morgan fingerprint density at radius 3 is 2.58 bits per heavy atom. The molecule has 0 bridgehead atoms. The SMILES string of the molecule is Cc1cc(OCCCC(=O)OC(C)C(=O)NCC(C)C)ccc1Cl. The second kappa shape index (κ2) is 10.2. The molecule has 1 aromatic rings. The Hall–Kier alpha value is -1.75. The van der Waals surface area contributed by atoms with Crippen molar-refractivity contribution in [3.8, 4) is 5.75 Å². The molecule has 1 rings (SSSR count). The predicted octanol–water partition coefficient (Wildman–Crippen LogP) is 3.51. The van der Waals surface area contributed by atoms with Gasteiger partial charge in [0.05, 0.1) is 6.61 Å². The number of rotatable bonds is 9. The minimum absolute atomic E-state index is 0.203. The van der Waals surface area contributed by atoms with Gasteiger partial charge in [-0.3, -0.25) is 9.59 Å². The zero-order valence-electron chi connectivity index (χ0n) is 14.7. The van der Waals surface area contributed by atoms with Gasteiger partial charge in [-0.2, -0.15) is 0 Å². The first kappa shape index (κ1) is 20.3. The van der Waals surface area contributed by atoms with Gasteiger partial charge in [-0.05, 0) is 49.9 Å². The fourth-order valence-corrected chi connectivity index (χ4v) is 1.99. The maximum absolute atomic E-state index is 11.7. The van der Waals surface area contributed by atoms with Crippen LogP contribution in [0.5, 0.6) is 5.75 Å². The van der Waals surface area contributed by atoms with Gasteiger partial charge in [-0.25, -0.2) is 0 Å². The quantitative estimate of drug-likeness (QED) is 0.543. The molecule has 0 aliphatic heterocycles. The number of carbonyl (C=O) groups excluding carboxylic acids is 2. The van der Waals surface area contributed by atoms with Crippen molar-refractivity contribution in [1.82, 2.24) is 5.32 Å². The van der Waals surface area contributed by atoms with Crippen LogP contribution in [-0.4, -0.2) is 31.1 Å². The van der Waals surface area contributed by atoms with E-state index in [4.69, 9.17) is 21.1 Å². The number of esters is 1. The average Bonchev–Trinajstić information content (AvgIpc) is 2.52. The van der Waals surface area contributed by atoms with Crippen LogP contribution in [-0.2, 0) is 14.3 Å². The van der Waals surface area contributed by atoms with Crippen molar-refractivity contribution in [2.75, 3.05) is 13.2 Å². The highest BCUT2D eigenvalue weighted by atomic mass is 35.5. The molecule has 1 unspecified atom stereocenters. The molecule has 0 spiro atoms. The Morgan fingerprint density at radius 2 is 1.96 bits per heavy atom. The highest BCUT2D eigenvalue weighted by Crippen LogP contribution is 2.21. The van der Waals surface area contributed by atoms with Gasteiger partial charge >= 0.3 is 5.97 Å². The van der Waals surface area contributed by atoms with Crippen LogP contribution in [0.3, 0.4) is 0 Å². The Kier molecular flexibility index (Phi) is 8.61. The Balaban J connectivity index is 2.23. The molecule has 0 saturated carbocycles. The summed E-state index contributed by atoms with van der Waals surface area (Å²) in [5, 5.41) is 3.42. The number of aryl methyl sites for hydroxylation is 1. The molecule has 0 heterocycles. The van der Waals surface area contributed by atoms with Crippen LogP contribution in [0.25, 0.3) is 0 Å². The Labute approximate surface area is 148 Å². The first-order valence-corrected chi connectivity index (χ1v) is 8.53. The number of nitrogens with one attached hydrogen (secondary N) is 1. The molecule has 1 amide bonds. The zero-order chi connectivity index (χ0) is 18.1. The van der Waals surface area contributed by atoms with Gasteiger partial charge in [0.25, 0.3) is 5.91 Å². The maximum atomic E-state index is 11.7. The second-order valence-electron chi connectivity index (χ2n) is 6.13. The number of benzene rings is 1. The van der Waals surface area contributed by atoms with Gasteiger partial charge in [0.15, 0.2) is 6.10 Å². The van der Waals surface area contributed by atoms with Crippen LogP contribution in [0.2, 0.25) is 5.02 Å². The third-order valence-corrected chi connectivity index (χ3v) is 3.71. The monoisotopic (exact) mass is 355 g/mol. The molecular weight excluding hydrogens is 330 g/mol. The van der Waals surface area contributed by atoms with E-state index < -0.39 is 12.1 Å². The molecule has 6 heteroatoms. The van der Waals surface area contributed by atoms with Crippen LogP contribution in [0.15, 0.2) is 18.2 Å². The molecule has 1 aromatic carbocycles. The number of hydrogen-bond donors (Lipinski definition) is 1. The van der Waals surface area contributed by atoms with E-state index >= 15 is 0 Å². The maximum Gasteiger partial charge on any atom is 0.306 e. The smallest absolute Gasteiger partial charge is 0.306 e. The van der Waals surface area contributed by atoms with Crippen molar-refractivity contribution in [1.29, 1.82) is 0 Å².